The number of piperidine rings is 1. The molecule has 0 spiro atoms. The van der Waals surface area contributed by atoms with Crippen molar-refractivity contribution in [2.24, 2.45) is 0 Å². The van der Waals surface area contributed by atoms with Crippen LogP contribution in [0.5, 0.6) is 5.75 Å². The van der Waals surface area contributed by atoms with Crippen molar-refractivity contribution < 1.29 is 22.3 Å². The standard InChI is InChI=1S/C22H23F4N5O/c1-2-32-18-12-16(22(24,25)26)13-28-20(18)15-5-9-30(10-6-15)14-19-29-21-17(4-3-8-27-21)31(19)11-7-23/h2-4,8,12-13,15H,1,5-7,9-11,14H2. The predicted molar refractivity (Wildman–Crippen MR) is 111 cm³/mol. The maximum Gasteiger partial charge on any atom is 0.418 e. The molecule has 1 aliphatic rings. The fourth-order valence-electron chi connectivity index (χ4n) is 4.13. The van der Waals surface area contributed by atoms with Gasteiger partial charge in [-0.3, -0.25) is 9.88 Å². The van der Waals surface area contributed by atoms with Gasteiger partial charge in [0.15, 0.2) is 5.65 Å². The minimum Gasteiger partial charge on any atom is -0.464 e. The lowest BCUT2D eigenvalue weighted by Gasteiger charge is -2.32. The van der Waals surface area contributed by atoms with E-state index in [0.717, 1.165) is 29.9 Å². The number of hydrogen-bond acceptors (Lipinski definition) is 5. The third-order valence-electron chi connectivity index (χ3n) is 5.67. The van der Waals surface area contributed by atoms with Crippen LogP contribution in [0.4, 0.5) is 17.6 Å². The second kappa shape index (κ2) is 9.23. The van der Waals surface area contributed by atoms with Crippen molar-refractivity contribution in [1.82, 2.24) is 24.4 Å². The van der Waals surface area contributed by atoms with E-state index < -0.39 is 18.4 Å². The summed E-state index contributed by atoms with van der Waals surface area (Å²) in [6.45, 7) is 5.11. The van der Waals surface area contributed by atoms with Gasteiger partial charge in [-0.2, -0.15) is 13.2 Å². The Morgan fingerprint density at radius 1 is 1.22 bits per heavy atom. The van der Waals surface area contributed by atoms with Gasteiger partial charge in [-0.1, -0.05) is 6.58 Å². The van der Waals surface area contributed by atoms with Crippen molar-refractivity contribution in [3.63, 3.8) is 0 Å². The molecule has 6 nitrogen and oxygen atoms in total. The van der Waals surface area contributed by atoms with Crippen molar-refractivity contribution in [3.8, 4) is 5.75 Å². The number of halogens is 4. The number of rotatable bonds is 7. The normalized spacial score (nSPS) is 15.9. The number of ether oxygens (including phenoxy) is 1. The molecule has 0 radical (unpaired) electrons. The minimum atomic E-state index is -4.49. The van der Waals surface area contributed by atoms with E-state index in [4.69, 9.17) is 4.74 Å². The molecule has 3 aromatic heterocycles. The van der Waals surface area contributed by atoms with Gasteiger partial charge >= 0.3 is 6.18 Å². The molecule has 10 heteroatoms. The van der Waals surface area contributed by atoms with Crippen LogP contribution in [-0.2, 0) is 19.3 Å². The molecule has 1 aliphatic heterocycles. The third-order valence-corrected chi connectivity index (χ3v) is 5.67. The van der Waals surface area contributed by atoms with Crippen molar-refractivity contribution in [3.05, 3.63) is 60.5 Å². The SMILES string of the molecule is C=COc1cc(C(F)(F)F)cnc1C1CCN(Cc2nc3ncccc3n2CCF)CC1. The minimum absolute atomic E-state index is 0.0326. The van der Waals surface area contributed by atoms with Crippen molar-refractivity contribution >= 4 is 11.2 Å². The van der Waals surface area contributed by atoms with E-state index in [0.29, 0.717) is 43.8 Å². The van der Waals surface area contributed by atoms with Crippen LogP contribution in [0.1, 0.15) is 35.8 Å². The highest BCUT2D eigenvalue weighted by Gasteiger charge is 2.33. The predicted octanol–water partition coefficient (Wildman–Crippen LogP) is 4.72. The maximum absolute atomic E-state index is 13.1. The number of nitrogens with zero attached hydrogens (tertiary/aromatic N) is 5. The zero-order valence-electron chi connectivity index (χ0n) is 17.4. The van der Waals surface area contributed by atoms with Crippen LogP contribution < -0.4 is 4.74 Å². The summed E-state index contributed by atoms with van der Waals surface area (Å²) in [7, 11) is 0. The highest BCUT2D eigenvalue weighted by atomic mass is 19.4. The molecular weight excluding hydrogens is 426 g/mol. The quantitative estimate of drug-likeness (QED) is 0.386. The Hall–Kier alpha value is -3.01. The Bertz CT molecular complexity index is 1090. The molecule has 0 N–H and O–H groups in total. The van der Waals surface area contributed by atoms with Crippen LogP contribution in [0, 0.1) is 0 Å². The number of fused-ring (bicyclic) bond motifs is 1. The van der Waals surface area contributed by atoms with Gasteiger partial charge in [0.05, 0.1) is 36.1 Å². The van der Waals surface area contributed by atoms with Gasteiger partial charge in [0.1, 0.15) is 18.2 Å². The van der Waals surface area contributed by atoms with E-state index in [1.54, 1.807) is 12.3 Å². The summed E-state index contributed by atoms with van der Waals surface area (Å²) in [5, 5.41) is 0. The number of aryl methyl sites for hydroxylation is 1. The van der Waals surface area contributed by atoms with Crippen molar-refractivity contribution in [2.45, 2.75) is 38.0 Å². The number of imidazole rings is 1. The average molecular weight is 449 g/mol. The number of alkyl halides is 4. The first kappa shape index (κ1) is 22.2. The summed E-state index contributed by atoms with van der Waals surface area (Å²) in [6.07, 6.45) is 0.530. The lowest BCUT2D eigenvalue weighted by molar-refractivity contribution is -0.137. The average Bonchev–Trinajstić information content (AvgIpc) is 3.11. The number of aromatic nitrogens is 4. The number of pyridine rings is 2. The molecule has 4 heterocycles. The van der Waals surface area contributed by atoms with Gasteiger partial charge < -0.3 is 9.30 Å². The van der Waals surface area contributed by atoms with Gasteiger partial charge in [-0.15, -0.1) is 0 Å². The van der Waals surface area contributed by atoms with E-state index in [1.807, 2.05) is 10.6 Å². The smallest absolute Gasteiger partial charge is 0.418 e. The lowest BCUT2D eigenvalue weighted by Crippen LogP contribution is -2.33. The molecule has 0 saturated carbocycles. The second-order valence-electron chi connectivity index (χ2n) is 7.65. The summed E-state index contributed by atoms with van der Waals surface area (Å²) < 4.78 is 59.3. The van der Waals surface area contributed by atoms with Gasteiger partial charge in [0.2, 0.25) is 0 Å². The summed E-state index contributed by atoms with van der Waals surface area (Å²) in [5.41, 5.74) is 1.04. The van der Waals surface area contributed by atoms with E-state index in [9.17, 15) is 17.6 Å². The summed E-state index contributed by atoms with van der Waals surface area (Å²) in [5.74, 6) is 0.803. The molecule has 1 saturated heterocycles. The van der Waals surface area contributed by atoms with Gasteiger partial charge in [-0.05, 0) is 44.1 Å². The van der Waals surface area contributed by atoms with Crippen LogP contribution in [-0.4, -0.2) is 44.2 Å². The lowest BCUT2D eigenvalue weighted by atomic mass is 9.92. The fourth-order valence-corrected chi connectivity index (χ4v) is 4.13. The Morgan fingerprint density at radius 2 is 2.00 bits per heavy atom. The largest absolute Gasteiger partial charge is 0.464 e. The molecule has 0 aliphatic carbocycles. The van der Waals surface area contributed by atoms with Crippen molar-refractivity contribution in [1.29, 1.82) is 0 Å². The topological polar surface area (TPSA) is 56.1 Å². The highest BCUT2D eigenvalue weighted by Crippen LogP contribution is 2.37. The molecule has 0 unspecified atom stereocenters. The van der Waals surface area contributed by atoms with E-state index >= 15 is 0 Å². The molecule has 170 valence electrons. The Morgan fingerprint density at radius 3 is 2.69 bits per heavy atom. The van der Waals surface area contributed by atoms with Crippen LogP contribution in [0.25, 0.3) is 11.2 Å². The highest BCUT2D eigenvalue weighted by molar-refractivity contribution is 5.71. The summed E-state index contributed by atoms with van der Waals surface area (Å²) in [4.78, 5) is 15.1. The third kappa shape index (κ3) is 4.59. The first-order valence-electron chi connectivity index (χ1n) is 10.3. The first-order valence-corrected chi connectivity index (χ1v) is 10.3. The van der Waals surface area contributed by atoms with Gasteiger partial charge in [0.25, 0.3) is 0 Å². The monoisotopic (exact) mass is 449 g/mol. The Labute approximate surface area is 182 Å². The van der Waals surface area contributed by atoms with Gasteiger partial charge in [0, 0.05) is 18.3 Å². The van der Waals surface area contributed by atoms with E-state index in [2.05, 4.69) is 26.4 Å². The molecule has 32 heavy (non-hydrogen) atoms. The second-order valence-corrected chi connectivity index (χ2v) is 7.65. The van der Waals surface area contributed by atoms with Crippen molar-refractivity contribution in [2.75, 3.05) is 19.8 Å². The summed E-state index contributed by atoms with van der Waals surface area (Å²) >= 11 is 0. The van der Waals surface area contributed by atoms with E-state index in [-0.39, 0.29) is 18.2 Å². The number of likely N-dealkylation sites (tertiary alicyclic amines) is 1. The Kier molecular flexibility index (Phi) is 6.40. The molecule has 0 atom stereocenters. The number of hydrogen-bond donors (Lipinski definition) is 0. The summed E-state index contributed by atoms with van der Waals surface area (Å²) in [6, 6.07) is 4.65. The Balaban J connectivity index is 1.48. The molecule has 4 rings (SSSR count). The van der Waals surface area contributed by atoms with Crippen LogP contribution in [0.2, 0.25) is 0 Å². The van der Waals surface area contributed by atoms with Crippen LogP contribution >= 0.6 is 0 Å². The molecule has 0 amide bonds. The zero-order chi connectivity index (χ0) is 22.7. The van der Waals surface area contributed by atoms with E-state index in [1.165, 1.54) is 0 Å². The fraction of sp³-hybridized carbons (Fsp3) is 0.409. The zero-order valence-corrected chi connectivity index (χ0v) is 17.4. The molecule has 1 fully saturated rings. The molecule has 0 aromatic carbocycles. The van der Waals surface area contributed by atoms with Gasteiger partial charge in [-0.25, -0.2) is 14.4 Å². The first-order chi connectivity index (χ1) is 15.4. The molecular formula is C22H23F4N5O. The molecule has 3 aromatic rings. The maximum atomic E-state index is 13.1. The van der Waals surface area contributed by atoms with Crippen LogP contribution in [0.3, 0.4) is 0 Å². The van der Waals surface area contributed by atoms with Crippen LogP contribution in [0.15, 0.2) is 43.4 Å². The molecule has 0 bridgehead atoms.